The monoisotopic (exact) mass is 570 g/mol. The van der Waals surface area contributed by atoms with Crippen LogP contribution >= 0.6 is 0 Å². The molecule has 0 radical (unpaired) electrons. The van der Waals surface area contributed by atoms with Gasteiger partial charge in [-0.2, -0.15) is 13.2 Å². The Kier molecular flexibility index (Phi) is 7.79. The van der Waals surface area contributed by atoms with Crippen molar-refractivity contribution in [2.75, 3.05) is 5.32 Å². The van der Waals surface area contributed by atoms with Gasteiger partial charge in [-0.3, -0.25) is 9.59 Å². The first kappa shape index (κ1) is 28.2. The predicted octanol–water partition coefficient (Wildman–Crippen LogP) is 6.66. The number of hydrogen-bond acceptors (Lipinski definition) is 4. The van der Waals surface area contributed by atoms with Crippen LogP contribution in [0, 0.1) is 0 Å². The summed E-state index contributed by atoms with van der Waals surface area (Å²) in [5, 5.41) is 15.0. The van der Waals surface area contributed by atoms with Crippen LogP contribution in [0.5, 0.6) is 5.75 Å². The molecule has 0 saturated heterocycles. The number of aryl methyl sites for hydroxylation is 1. The van der Waals surface area contributed by atoms with Crippen LogP contribution in [0.3, 0.4) is 0 Å². The lowest BCUT2D eigenvalue weighted by molar-refractivity contribution is -0.137. The van der Waals surface area contributed by atoms with Crippen molar-refractivity contribution in [2.24, 2.45) is 7.05 Å². The van der Waals surface area contributed by atoms with Crippen LogP contribution in [0.15, 0.2) is 103 Å². The molecule has 42 heavy (non-hydrogen) atoms. The number of carbonyl (C=O) groups is 2. The number of alkyl halides is 3. The molecule has 7 nitrogen and oxygen atoms in total. The van der Waals surface area contributed by atoms with Crippen LogP contribution in [0.4, 0.5) is 19.0 Å². The number of imidazole rings is 1. The summed E-state index contributed by atoms with van der Waals surface area (Å²) in [6, 6.07) is 25.6. The van der Waals surface area contributed by atoms with Gasteiger partial charge in [0.25, 0.3) is 11.8 Å². The minimum Gasteiger partial charge on any atom is -0.508 e. The van der Waals surface area contributed by atoms with Crippen molar-refractivity contribution < 1.29 is 27.9 Å². The van der Waals surface area contributed by atoms with Gasteiger partial charge in [-0.05, 0) is 58.1 Å². The molecule has 3 N–H and O–H groups in total. The standard InChI is InChI=1S/C32H25F3N4O3/c1-39-19-28(38-30(41)27-5-3-2-4-26(27)23-10-14-24(15-11-23)32(33,34)35)37-29(39)31(42)36-18-20-6-8-21(9-7-20)22-12-16-25(40)17-13-22/h2-17,19,40H,18H2,1H3,(H,36,42)(H,38,41). The Balaban J connectivity index is 1.24. The number of aromatic nitrogens is 2. The molecule has 0 bridgehead atoms. The molecule has 0 aliphatic rings. The van der Waals surface area contributed by atoms with E-state index < -0.39 is 23.6 Å². The average molecular weight is 571 g/mol. The van der Waals surface area contributed by atoms with Crippen molar-refractivity contribution in [1.82, 2.24) is 14.9 Å². The molecule has 0 aliphatic carbocycles. The van der Waals surface area contributed by atoms with Crippen molar-refractivity contribution >= 4 is 17.6 Å². The highest BCUT2D eigenvalue weighted by atomic mass is 19.4. The van der Waals surface area contributed by atoms with E-state index in [0.717, 1.165) is 28.8 Å². The highest BCUT2D eigenvalue weighted by Gasteiger charge is 2.30. The highest BCUT2D eigenvalue weighted by Crippen LogP contribution is 2.32. The van der Waals surface area contributed by atoms with E-state index in [1.165, 1.54) is 22.9 Å². The first-order chi connectivity index (χ1) is 20.1. The zero-order valence-electron chi connectivity index (χ0n) is 22.3. The van der Waals surface area contributed by atoms with Gasteiger partial charge in [-0.15, -0.1) is 0 Å². The summed E-state index contributed by atoms with van der Waals surface area (Å²) in [4.78, 5) is 30.2. The number of anilines is 1. The minimum atomic E-state index is -4.46. The van der Waals surface area contributed by atoms with Gasteiger partial charge in [0.05, 0.1) is 5.56 Å². The summed E-state index contributed by atoms with van der Waals surface area (Å²) in [6.07, 6.45) is -2.96. The van der Waals surface area contributed by atoms with E-state index in [2.05, 4.69) is 15.6 Å². The Morgan fingerprint density at radius 2 is 1.40 bits per heavy atom. The summed E-state index contributed by atoms with van der Waals surface area (Å²) >= 11 is 0. The fourth-order valence-electron chi connectivity index (χ4n) is 4.42. The Bertz CT molecular complexity index is 1730. The van der Waals surface area contributed by atoms with Crippen LogP contribution in [-0.2, 0) is 19.8 Å². The number of halogens is 3. The minimum absolute atomic E-state index is 0.0852. The lowest BCUT2D eigenvalue weighted by atomic mass is 9.98. The number of nitrogens with one attached hydrogen (secondary N) is 2. The predicted molar refractivity (Wildman–Crippen MR) is 153 cm³/mol. The second-order valence-corrected chi connectivity index (χ2v) is 9.56. The van der Waals surface area contributed by atoms with Crippen LogP contribution < -0.4 is 10.6 Å². The zero-order valence-corrected chi connectivity index (χ0v) is 22.3. The Hall–Kier alpha value is -5.38. The third kappa shape index (κ3) is 6.33. The number of nitrogens with zero attached hydrogens (tertiary/aromatic N) is 2. The molecule has 2 amide bonds. The summed E-state index contributed by atoms with van der Waals surface area (Å²) in [7, 11) is 1.63. The van der Waals surface area contributed by atoms with Crippen LogP contribution in [0.2, 0.25) is 0 Å². The van der Waals surface area contributed by atoms with Gasteiger partial charge in [0.1, 0.15) is 5.75 Å². The molecule has 0 atom stereocenters. The number of benzene rings is 4. The molecule has 5 aromatic rings. The van der Waals surface area contributed by atoms with E-state index in [1.807, 2.05) is 36.4 Å². The molecule has 1 aromatic heterocycles. The fraction of sp³-hybridized carbons (Fsp3) is 0.0938. The molecule has 0 fully saturated rings. The Labute approximate surface area is 239 Å². The summed E-state index contributed by atoms with van der Waals surface area (Å²) in [5.41, 5.74) is 3.15. The number of rotatable bonds is 7. The SMILES string of the molecule is Cn1cc(NC(=O)c2ccccc2-c2ccc(C(F)(F)F)cc2)nc1C(=O)NCc1ccc(-c2ccc(O)cc2)cc1. The summed E-state index contributed by atoms with van der Waals surface area (Å²) in [5.74, 6) is -0.539. The largest absolute Gasteiger partial charge is 0.508 e. The summed E-state index contributed by atoms with van der Waals surface area (Å²) in [6.45, 7) is 0.254. The highest BCUT2D eigenvalue weighted by molar-refractivity contribution is 6.08. The Morgan fingerprint density at radius 3 is 2.05 bits per heavy atom. The van der Waals surface area contributed by atoms with E-state index in [4.69, 9.17) is 0 Å². The summed E-state index contributed by atoms with van der Waals surface area (Å²) < 4.78 is 40.4. The zero-order chi connectivity index (χ0) is 29.9. The third-order valence-corrected chi connectivity index (χ3v) is 6.62. The van der Waals surface area contributed by atoms with E-state index >= 15 is 0 Å². The topological polar surface area (TPSA) is 96.2 Å². The van der Waals surface area contributed by atoms with Gasteiger partial charge in [-0.25, -0.2) is 4.98 Å². The molecule has 5 rings (SSSR count). The van der Waals surface area contributed by atoms with E-state index in [-0.39, 0.29) is 29.5 Å². The van der Waals surface area contributed by atoms with Crippen LogP contribution in [0.25, 0.3) is 22.3 Å². The maximum atomic E-state index is 13.1. The molecule has 10 heteroatoms. The smallest absolute Gasteiger partial charge is 0.416 e. The number of carbonyl (C=O) groups excluding carboxylic acids is 2. The second kappa shape index (κ2) is 11.6. The molecule has 212 valence electrons. The first-order valence-electron chi connectivity index (χ1n) is 12.9. The van der Waals surface area contributed by atoms with Crippen molar-refractivity contribution in [3.8, 4) is 28.0 Å². The number of phenolic OH excluding ortho intramolecular Hbond substituents is 1. The number of phenols is 1. The van der Waals surface area contributed by atoms with Gasteiger partial charge in [0.15, 0.2) is 5.82 Å². The number of aromatic hydroxyl groups is 1. The molecule has 0 aliphatic heterocycles. The van der Waals surface area contributed by atoms with Gasteiger partial charge in [0, 0.05) is 25.4 Å². The molecule has 0 unspecified atom stereocenters. The molecule has 0 saturated carbocycles. The van der Waals surface area contributed by atoms with Crippen molar-refractivity contribution in [1.29, 1.82) is 0 Å². The van der Waals surface area contributed by atoms with E-state index in [0.29, 0.717) is 11.1 Å². The van der Waals surface area contributed by atoms with Crippen molar-refractivity contribution in [3.05, 3.63) is 126 Å². The van der Waals surface area contributed by atoms with E-state index in [1.54, 1.807) is 43.4 Å². The number of hydrogen-bond donors (Lipinski definition) is 3. The van der Waals surface area contributed by atoms with Crippen LogP contribution in [-0.4, -0.2) is 26.5 Å². The molecule has 0 spiro atoms. The normalized spacial score (nSPS) is 11.2. The third-order valence-electron chi connectivity index (χ3n) is 6.62. The fourth-order valence-corrected chi connectivity index (χ4v) is 4.42. The van der Waals surface area contributed by atoms with Crippen molar-refractivity contribution in [2.45, 2.75) is 12.7 Å². The lowest BCUT2D eigenvalue weighted by Gasteiger charge is -2.11. The lowest BCUT2D eigenvalue weighted by Crippen LogP contribution is -2.25. The van der Waals surface area contributed by atoms with Gasteiger partial charge >= 0.3 is 6.18 Å². The molecular formula is C32H25F3N4O3. The quantitative estimate of drug-likeness (QED) is 0.204. The number of amides is 2. The maximum absolute atomic E-state index is 13.1. The molecular weight excluding hydrogens is 545 g/mol. The van der Waals surface area contributed by atoms with Gasteiger partial charge in [0.2, 0.25) is 5.82 Å². The Morgan fingerprint density at radius 1 is 0.810 bits per heavy atom. The van der Waals surface area contributed by atoms with E-state index in [9.17, 15) is 27.9 Å². The average Bonchev–Trinajstić information content (AvgIpc) is 3.36. The van der Waals surface area contributed by atoms with Gasteiger partial charge < -0.3 is 20.3 Å². The van der Waals surface area contributed by atoms with Crippen LogP contribution in [0.1, 0.15) is 32.1 Å². The maximum Gasteiger partial charge on any atom is 0.416 e. The molecule has 1 heterocycles. The van der Waals surface area contributed by atoms with Gasteiger partial charge in [-0.1, -0.05) is 66.7 Å². The van der Waals surface area contributed by atoms with Crippen molar-refractivity contribution in [3.63, 3.8) is 0 Å². The first-order valence-corrected chi connectivity index (χ1v) is 12.9. The molecule has 4 aromatic carbocycles. The second-order valence-electron chi connectivity index (χ2n) is 9.56.